The molecule has 1 aliphatic rings. The van der Waals surface area contributed by atoms with Crippen LogP contribution < -0.4 is 20.1 Å². The van der Waals surface area contributed by atoms with Crippen LogP contribution in [-0.2, 0) is 7.05 Å². The van der Waals surface area contributed by atoms with E-state index in [1.807, 2.05) is 7.05 Å². The van der Waals surface area contributed by atoms with Crippen LogP contribution in [0.4, 0.5) is 19.3 Å². The Morgan fingerprint density at radius 2 is 1.89 bits per heavy atom. The van der Waals surface area contributed by atoms with E-state index in [1.165, 1.54) is 35.0 Å². The minimum Gasteiger partial charge on any atom is -0.504 e. The first-order valence-corrected chi connectivity index (χ1v) is 13.7. The number of likely N-dealkylation sites (tertiary alicyclic amines) is 1. The number of anilines is 1. The lowest BCUT2D eigenvalue weighted by Crippen LogP contribution is -2.50. The third-order valence-corrected chi connectivity index (χ3v) is 7.59. The van der Waals surface area contributed by atoms with Crippen molar-refractivity contribution >= 4 is 17.6 Å². The number of aromatic hydroxyl groups is 1. The number of phenols is 1. The van der Waals surface area contributed by atoms with Gasteiger partial charge in [0.2, 0.25) is 11.6 Å². The number of hydrogen-bond acceptors (Lipinski definition) is 8. The third kappa shape index (κ3) is 5.91. The number of piperidine rings is 1. The molecule has 2 atom stereocenters. The quantitative estimate of drug-likeness (QED) is 0.154. The van der Waals surface area contributed by atoms with Crippen LogP contribution in [0.5, 0.6) is 29.0 Å². The summed E-state index contributed by atoms with van der Waals surface area (Å²) in [4.78, 5) is 22.6. The Hall–Kier alpha value is -5.40. The predicted octanol–water partition coefficient (Wildman–Crippen LogP) is 5.30. The van der Waals surface area contributed by atoms with Gasteiger partial charge in [0.05, 0.1) is 0 Å². The number of pyridine rings is 1. The summed E-state index contributed by atoms with van der Waals surface area (Å²) < 4.78 is 45.6. The number of benzene rings is 2. The molecule has 2 aromatic carbocycles. The van der Waals surface area contributed by atoms with Gasteiger partial charge in [-0.1, -0.05) is 12.1 Å². The van der Waals surface area contributed by atoms with Gasteiger partial charge in [-0.25, -0.2) is 9.78 Å². The first-order valence-electron chi connectivity index (χ1n) is 13.7. The average Bonchev–Trinajstić information content (AvgIpc) is 3.42. The van der Waals surface area contributed by atoms with Gasteiger partial charge in [0.15, 0.2) is 11.5 Å². The standard InChI is InChI=1S/C30H31F2N7O5/c1-16-13-19(9-11-39(16)30(41)42)38(3)25-23(31)28(43-20-6-4-5-18(14-20)27-35-10-12-37(27)2)36-29(24(25)32)44-22-15-17(26(33)34)7-8-21(22)40/h4-8,10,12,14-16,19,40H,9,11,13H2,1-3H3,(H3,33,34)(H,41,42). The minimum absolute atomic E-state index is 0.179. The highest BCUT2D eigenvalue weighted by Crippen LogP contribution is 2.41. The Kier molecular flexibility index (Phi) is 8.25. The zero-order chi connectivity index (χ0) is 31.7. The van der Waals surface area contributed by atoms with Crippen molar-refractivity contribution in [3.63, 3.8) is 0 Å². The molecule has 3 heterocycles. The average molecular weight is 608 g/mol. The number of amidine groups is 1. The van der Waals surface area contributed by atoms with Crippen molar-refractivity contribution in [3.05, 3.63) is 72.1 Å². The number of nitrogens with one attached hydrogen (secondary N) is 1. The molecule has 5 N–H and O–H groups in total. The van der Waals surface area contributed by atoms with Crippen molar-refractivity contribution in [2.45, 2.75) is 31.8 Å². The van der Waals surface area contributed by atoms with Crippen molar-refractivity contribution in [3.8, 4) is 40.4 Å². The maximum absolute atomic E-state index is 16.2. The summed E-state index contributed by atoms with van der Waals surface area (Å²) in [6.07, 6.45) is 2.96. The second-order valence-corrected chi connectivity index (χ2v) is 10.5. The number of phenolic OH excluding ortho intramolecular Hbond substituents is 1. The number of nitrogen functional groups attached to an aromatic ring is 1. The van der Waals surface area contributed by atoms with Crippen LogP contribution in [0, 0.1) is 17.0 Å². The van der Waals surface area contributed by atoms with Gasteiger partial charge in [0.1, 0.15) is 23.1 Å². The highest BCUT2D eigenvalue weighted by Gasteiger charge is 2.35. The number of aryl methyl sites for hydroxylation is 1. The number of ether oxygens (including phenoxy) is 2. The van der Waals surface area contributed by atoms with Crippen molar-refractivity contribution in [1.29, 1.82) is 5.41 Å². The lowest BCUT2D eigenvalue weighted by Gasteiger charge is -2.40. The molecule has 5 rings (SSSR count). The Balaban J connectivity index is 1.57. The summed E-state index contributed by atoms with van der Waals surface area (Å²) in [5.41, 5.74) is 5.93. The Labute approximate surface area is 251 Å². The number of carbonyl (C=O) groups is 1. The summed E-state index contributed by atoms with van der Waals surface area (Å²) in [5.74, 6) is -3.72. The van der Waals surface area contributed by atoms with E-state index in [-0.39, 0.29) is 29.4 Å². The second-order valence-electron chi connectivity index (χ2n) is 10.5. The SMILES string of the molecule is CC1CC(N(C)c2c(F)c(Oc3cccc(-c4nccn4C)c3)nc(Oc3cc(C(=N)N)ccc3O)c2F)CCN1C(=O)O. The summed E-state index contributed by atoms with van der Waals surface area (Å²) in [6.45, 7) is 1.91. The minimum atomic E-state index is -1.17. The monoisotopic (exact) mass is 607 g/mol. The molecule has 1 amide bonds. The van der Waals surface area contributed by atoms with Crippen LogP contribution in [0.3, 0.4) is 0 Å². The molecule has 1 saturated heterocycles. The third-order valence-electron chi connectivity index (χ3n) is 7.59. The molecule has 12 nitrogen and oxygen atoms in total. The smallest absolute Gasteiger partial charge is 0.407 e. The fourth-order valence-electron chi connectivity index (χ4n) is 5.22. The molecule has 2 unspecified atom stereocenters. The van der Waals surface area contributed by atoms with Crippen molar-refractivity contribution in [1.82, 2.24) is 19.4 Å². The van der Waals surface area contributed by atoms with E-state index < -0.39 is 53.0 Å². The number of rotatable bonds is 8. The van der Waals surface area contributed by atoms with Gasteiger partial charge in [0, 0.05) is 56.2 Å². The van der Waals surface area contributed by atoms with E-state index in [2.05, 4.69) is 9.97 Å². The molecular weight excluding hydrogens is 576 g/mol. The number of nitrogens with two attached hydrogens (primary N) is 1. The zero-order valence-electron chi connectivity index (χ0n) is 24.2. The fraction of sp³-hybridized carbons (Fsp3) is 0.267. The van der Waals surface area contributed by atoms with Gasteiger partial charge in [-0.15, -0.1) is 0 Å². The Morgan fingerprint density at radius 1 is 1.16 bits per heavy atom. The summed E-state index contributed by atoms with van der Waals surface area (Å²) in [5, 5.41) is 27.5. The van der Waals surface area contributed by atoms with Gasteiger partial charge in [0.25, 0.3) is 11.8 Å². The largest absolute Gasteiger partial charge is 0.504 e. The molecule has 0 bridgehead atoms. The van der Waals surface area contributed by atoms with Gasteiger partial charge < -0.3 is 39.8 Å². The van der Waals surface area contributed by atoms with Gasteiger partial charge >= 0.3 is 6.09 Å². The Bertz CT molecular complexity index is 1730. The molecule has 0 spiro atoms. The summed E-state index contributed by atoms with van der Waals surface area (Å²) in [7, 11) is 3.32. The van der Waals surface area contributed by atoms with Crippen LogP contribution in [0.15, 0.2) is 54.9 Å². The molecule has 0 saturated carbocycles. The van der Waals surface area contributed by atoms with Gasteiger partial charge in [-0.05, 0) is 50.1 Å². The molecule has 1 fully saturated rings. The molecule has 0 radical (unpaired) electrons. The van der Waals surface area contributed by atoms with Crippen LogP contribution in [-0.4, -0.2) is 67.3 Å². The van der Waals surface area contributed by atoms with E-state index in [9.17, 15) is 15.0 Å². The van der Waals surface area contributed by atoms with Crippen molar-refractivity contribution in [2.75, 3.05) is 18.5 Å². The van der Waals surface area contributed by atoms with Crippen LogP contribution in [0.25, 0.3) is 11.4 Å². The zero-order valence-corrected chi connectivity index (χ0v) is 24.2. The maximum Gasteiger partial charge on any atom is 0.407 e. The molecular formula is C30H31F2N7O5. The lowest BCUT2D eigenvalue weighted by atomic mass is 9.97. The first-order chi connectivity index (χ1) is 20.9. The summed E-state index contributed by atoms with van der Waals surface area (Å²) in [6, 6.07) is 9.69. The first kappa shape index (κ1) is 30.1. The summed E-state index contributed by atoms with van der Waals surface area (Å²) >= 11 is 0. The molecule has 14 heteroatoms. The van der Waals surface area contributed by atoms with Crippen molar-refractivity contribution < 1.29 is 33.3 Å². The van der Waals surface area contributed by atoms with Gasteiger partial charge in [-0.2, -0.15) is 13.8 Å². The van der Waals surface area contributed by atoms with Crippen LogP contribution >= 0.6 is 0 Å². The van der Waals surface area contributed by atoms with Crippen LogP contribution in [0.1, 0.15) is 25.3 Å². The highest BCUT2D eigenvalue weighted by molar-refractivity contribution is 5.95. The molecule has 0 aliphatic carbocycles. The number of hydrogen-bond donors (Lipinski definition) is 4. The highest BCUT2D eigenvalue weighted by atomic mass is 19.1. The number of carboxylic acid groups (broad SMARTS) is 1. The van der Waals surface area contributed by atoms with E-state index in [1.54, 1.807) is 48.1 Å². The van der Waals surface area contributed by atoms with E-state index in [4.69, 9.17) is 20.6 Å². The predicted molar refractivity (Wildman–Crippen MR) is 158 cm³/mol. The number of nitrogens with zero attached hydrogens (tertiary/aromatic N) is 5. The second kappa shape index (κ2) is 12.1. The van der Waals surface area contributed by atoms with Gasteiger partial charge in [-0.3, -0.25) is 5.41 Å². The molecule has 44 heavy (non-hydrogen) atoms. The topological polar surface area (TPSA) is 163 Å². The van der Waals surface area contributed by atoms with E-state index in [0.29, 0.717) is 24.2 Å². The Morgan fingerprint density at radius 3 is 2.52 bits per heavy atom. The maximum atomic E-state index is 16.2. The lowest BCUT2D eigenvalue weighted by molar-refractivity contribution is 0.106. The number of imidazole rings is 1. The molecule has 1 aliphatic heterocycles. The van der Waals surface area contributed by atoms with Crippen molar-refractivity contribution in [2.24, 2.45) is 12.8 Å². The van der Waals surface area contributed by atoms with E-state index >= 15 is 8.78 Å². The van der Waals surface area contributed by atoms with Crippen LogP contribution in [0.2, 0.25) is 0 Å². The van der Waals surface area contributed by atoms with E-state index in [0.717, 1.165) is 0 Å². The molecule has 2 aromatic heterocycles. The number of amides is 1. The fourth-order valence-corrected chi connectivity index (χ4v) is 5.22. The number of halogens is 2. The normalized spacial score (nSPS) is 16.4. The molecule has 230 valence electrons. The molecule has 4 aromatic rings. The number of aromatic nitrogens is 3.